The largest absolute Gasteiger partial charge is 0.482 e. The molecule has 1 amide bonds. The van der Waals surface area contributed by atoms with Crippen molar-refractivity contribution in [3.05, 3.63) is 95.9 Å². The Morgan fingerprint density at radius 1 is 1.15 bits per heavy atom. The smallest absolute Gasteiger partial charge is 0.269 e. The van der Waals surface area contributed by atoms with Crippen LogP contribution in [-0.4, -0.2) is 17.4 Å². The summed E-state index contributed by atoms with van der Waals surface area (Å²) in [7, 11) is 0. The number of nitro groups is 1. The van der Waals surface area contributed by atoms with Gasteiger partial charge in [0.2, 0.25) is 0 Å². The number of nitro benzene ring substituents is 1. The summed E-state index contributed by atoms with van der Waals surface area (Å²) < 4.78 is 7.16. The molecule has 0 spiro atoms. The number of carbonyl (C=O) groups is 1. The molecule has 3 aromatic rings. The van der Waals surface area contributed by atoms with Gasteiger partial charge in [0.1, 0.15) is 5.75 Å². The maximum Gasteiger partial charge on any atom is 0.269 e. The predicted molar refractivity (Wildman–Crippen MR) is 138 cm³/mol. The lowest BCUT2D eigenvalue weighted by Gasteiger charge is -2.14. The Hall–Kier alpha value is -3.48. The number of allylic oxidation sites excluding steroid dienone is 1. The number of nitrogens with one attached hydrogen (secondary N) is 1. The number of aryl methyl sites for hydroxylation is 2. The summed E-state index contributed by atoms with van der Waals surface area (Å²) in [6, 6.07) is 17.1. The number of anilines is 1. The van der Waals surface area contributed by atoms with Crippen molar-refractivity contribution >= 4 is 60.8 Å². The molecule has 0 unspecified atom stereocenters. The van der Waals surface area contributed by atoms with Crippen molar-refractivity contribution in [1.29, 1.82) is 5.26 Å². The molecule has 0 bridgehead atoms. The van der Waals surface area contributed by atoms with Crippen LogP contribution in [0.2, 0.25) is 0 Å². The van der Waals surface area contributed by atoms with E-state index in [-0.39, 0.29) is 23.8 Å². The minimum absolute atomic E-state index is 0.0647. The van der Waals surface area contributed by atoms with E-state index in [1.54, 1.807) is 18.2 Å². The first kappa shape index (κ1) is 25.1. The number of hydrogen-bond donors (Lipinski definition) is 1. The van der Waals surface area contributed by atoms with Gasteiger partial charge < -0.3 is 10.1 Å². The molecule has 0 saturated carbocycles. The Morgan fingerprint density at radius 2 is 1.85 bits per heavy atom. The highest BCUT2D eigenvalue weighted by molar-refractivity contribution is 9.11. The van der Waals surface area contributed by atoms with E-state index in [1.807, 2.05) is 32.0 Å². The topological polar surface area (TPSA) is 105 Å². The Bertz CT molecular complexity index is 1330. The lowest BCUT2D eigenvalue weighted by atomic mass is 10.0. The third kappa shape index (κ3) is 6.31. The average Bonchev–Trinajstić information content (AvgIpc) is 2.79. The van der Waals surface area contributed by atoms with Gasteiger partial charge in [-0.15, -0.1) is 0 Å². The van der Waals surface area contributed by atoms with Crippen molar-refractivity contribution in [3.63, 3.8) is 0 Å². The second-order valence-corrected chi connectivity index (χ2v) is 9.21. The van der Waals surface area contributed by atoms with E-state index in [0.29, 0.717) is 27.0 Å². The molecule has 34 heavy (non-hydrogen) atoms. The number of nitriles is 1. The van der Waals surface area contributed by atoms with Crippen LogP contribution in [0, 0.1) is 35.3 Å². The van der Waals surface area contributed by atoms with Crippen molar-refractivity contribution in [2.75, 3.05) is 11.9 Å². The molecule has 0 heterocycles. The highest BCUT2D eigenvalue weighted by Crippen LogP contribution is 2.35. The summed E-state index contributed by atoms with van der Waals surface area (Å²) in [5.41, 5.74) is 3.97. The van der Waals surface area contributed by atoms with Crippen LogP contribution in [-0.2, 0) is 4.79 Å². The summed E-state index contributed by atoms with van der Waals surface area (Å²) in [4.78, 5) is 22.9. The second-order valence-electron chi connectivity index (χ2n) is 7.43. The zero-order chi connectivity index (χ0) is 24.8. The van der Waals surface area contributed by atoms with Crippen LogP contribution < -0.4 is 10.1 Å². The molecule has 0 aliphatic carbocycles. The molecular weight excluding hydrogens is 566 g/mol. The maximum absolute atomic E-state index is 12.5. The van der Waals surface area contributed by atoms with Gasteiger partial charge in [0.05, 0.1) is 21.0 Å². The van der Waals surface area contributed by atoms with E-state index in [2.05, 4.69) is 43.2 Å². The molecule has 0 aliphatic rings. The Kier molecular flexibility index (Phi) is 8.21. The molecule has 1 N–H and O–H groups in total. The van der Waals surface area contributed by atoms with Gasteiger partial charge in [0.25, 0.3) is 11.6 Å². The number of halogens is 2. The van der Waals surface area contributed by atoms with Gasteiger partial charge in [-0.05, 0) is 82.9 Å². The van der Waals surface area contributed by atoms with Crippen LogP contribution in [0.4, 0.5) is 11.4 Å². The molecule has 7 nitrogen and oxygen atoms in total. The number of hydrogen-bond acceptors (Lipinski definition) is 5. The zero-order valence-electron chi connectivity index (χ0n) is 18.3. The maximum atomic E-state index is 12.5. The summed E-state index contributed by atoms with van der Waals surface area (Å²) >= 11 is 6.88. The van der Waals surface area contributed by atoms with Crippen LogP contribution in [0.15, 0.2) is 63.5 Å². The number of nitrogens with zero attached hydrogens (tertiary/aromatic N) is 2. The molecule has 3 rings (SSSR count). The SMILES string of the molecule is Cc1ccc(C)c(NC(=O)COc2c(Br)cc(Br)cc2/C=C(\C#N)c2ccc([N+](=O)[O-])cc2)c1. The molecule has 0 fully saturated rings. The van der Waals surface area contributed by atoms with E-state index in [4.69, 9.17) is 4.74 Å². The van der Waals surface area contributed by atoms with Crippen LogP contribution in [0.25, 0.3) is 11.6 Å². The molecule has 0 aromatic heterocycles. The minimum atomic E-state index is -0.500. The van der Waals surface area contributed by atoms with Crippen LogP contribution in [0.3, 0.4) is 0 Å². The van der Waals surface area contributed by atoms with Crippen LogP contribution in [0.5, 0.6) is 5.75 Å². The Morgan fingerprint density at radius 3 is 2.50 bits per heavy atom. The molecule has 9 heteroatoms. The van der Waals surface area contributed by atoms with Gasteiger partial charge in [-0.3, -0.25) is 14.9 Å². The van der Waals surface area contributed by atoms with Gasteiger partial charge in [-0.25, -0.2) is 0 Å². The number of amides is 1. The summed E-state index contributed by atoms with van der Waals surface area (Å²) in [5.74, 6) is 0.0586. The van der Waals surface area contributed by atoms with Crippen molar-refractivity contribution in [1.82, 2.24) is 0 Å². The first-order valence-electron chi connectivity index (χ1n) is 10.0. The molecule has 0 atom stereocenters. The lowest BCUT2D eigenvalue weighted by Crippen LogP contribution is -2.21. The van der Waals surface area contributed by atoms with Gasteiger partial charge in [0.15, 0.2) is 6.61 Å². The second kappa shape index (κ2) is 11.1. The van der Waals surface area contributed by atoms with Gasteiger partial charge in [0, 0.05) is 27.9 Å². The lowest BCUT2D eigenvalue weighted by molar-refractivity contribution is -0.384. The zero-order valence-corrected chi connectivity index (χ0v) is 21.4. The van der Waals surface area contributed by atoms with Gasteiger partial charge in [-0.1, -0.05) is 28.1 Å². The highest BCUT2D eigenvalue weighted by Gasteiger charge is 2.14. The van der Waals surface area contributed by atoms with E-state index >= 15 is 0 Å². The van der Waals surface area contributed by atoms with Crippen LogP contribution in [0.1, 0.15) is 22.3 Å². The van der Waals surface area contributed by atoms with E-state index in [1.165, 1.54) is 24.3 Å². The van der Waals surface area contributed by atoms with Gasteiger partial charge in [-0.2, -0.15) is 5.26 Å². The third-order valence-electron chi connectivity index (χ3n) is 4.86. The standard InChI is InChI=1S/C25H19Br2N3O4/c1-15-3-4-16(2)23(9-15)29-24(31)14-34-25-18(11-20(26)12-22(25)27)10-19(13-28)17-5-7-21(8-6-17)30(32)33/h3-12H,14H2,1-2H3,(H,29,31)/b19-10+. The van der Waals surface area contributed by atoms with Crippen molar-refractivity contribution in [2.24, 2.45) is 0 Å². The Labute approximate surface area is 213 Å². The number of benzene rings is 3. The first-order chi connectivity index (χ1) is 16.2. The molecule has 0 radical (unpaired) electrons. The van der Waals surface area contributed by atoms with E-state index < -0.39 is 4.92 Å². The Balaban J connectivity index is 1.86. The number of ether oxygens (including phenoxy) is 1. The van der Waals surface area contributed by atoms with E-state index in [0.717, 1.165) is 15.6 Å². The highest BCUT2D eigenvalue weighted by atomic mass is 79.9. The summed E-state index contributed by atoms with van der Waals surface area (Å²) in [6.07, 6.45) is 1.61. The molecular formula is C25H19Br2N3O4. The van der Waals surface area contributed by atoms with Crippen LogP contribution >= 0.6 is 31.9 Å². The third-order valence-corrected chi connectivity index (χ3v) is 5.91. The minimum Gasteiger partial charge on any atom is -0.482 e. The van der Waals surface area contributed by atoms with Crippen molar-refractivity contribution in [3.8, 4) is 11.8 Å². The molecule has 0 aliphatic heterocycles. The molecule has 172 valence electrons. The number of rotatable bonds is 7. The number of non-ortho nitro benzene ring substituents is 1. The van der Waals surface area contributed by atoms with E-state index in [9.17, 15) is 20.2 Å². The molecule has 3 aromatic carbocycles. The van der Waals surface area contributed by atoms with Gasteiger partial charge >= 0.3 is 0 Å². The van der Waals surface area contributed by atoms with Crippen molar-refractivity contribution in [2.45, 2.75) is 13.8 Å². The fraction of sp³-hybridized carbons (Fsp3) is 0.120. The predicted octanol–water partition coefficient (Wildman–Crippen LogP) is 6.82. The summed E-state index contributed by atoms with van der Waals surface area (Å²) in [5, 5.41) is 23.5. The first-order valence-corrected chi connectivity index (χ1v) is 11.6. The monoisotopic (exact) mass is 583 g/mol. The quantitative estimate of drug-likeness (QED) is 0.142. The molecule has 0 saturated heterocycles. The normalized spacial score (nSPS) is 11.0. The fourth-order valence-corrected chi connectivity index (χ4v) is 4.51. The van der Waals surface area contributed by atoms with Crippen molar-refractivity contribution < 1.29 is 14.5 Å². The summed E-state index contributed by atoms with van der Waals surface area (Å²) in [6.45, 7) is 3.61. The number of carbonyl (C=O) groups excluding carboxylic acids is 1. The fourth-order valence-electron chi connectivity index (χ4n) is 3.13. The average molecular weight is 585 g/mol.